The van der Waals surface area contributed by atoms with Gasteiger partial charge in [0.25, 0.3) is 0 Å². The number of rotatable bonds is 3. The Hall–Kier alpha value is -2.53. The van der Waals surface area contributed by atoms with Crippen molar-refractivity contribution in [3.63, 3.8) is 0 Å². The van der Waals surface area contributed by atoms with Gasteiger partial charge in [-0.3, -0.25) is 9.88 Å². The summed E-state index contributed by atoms with van der Waals surface area (Å²) in [5, 5.41) is 3.00. The SMILES string of the molecule is Cc1cnccc1-c1cccc(CN2CCC3(C=NC(=O)N3)CC2)c1. The third kappa shape index (κ3) is 3.33. The van der Waals surface area contributed by atoms with Crippen LogP contribution in [0.25, 0.3) is 11.1 Å². The highest BCUT2D eigenvalue weighted by Gasteiger charge is 2.37. The van der Waals surface area contributed by atoms with Gasteiger partial charge in [0.1, 0.15) is 0 Å². The lowest BCUT2D eigenvalue weighted by molar-refractivity contribution is 0.174. The van der Waals surface area contributed by atoms with Crippen molar-refractivity contribution >= 4 is 12.2 Å². The van der Waals surface area contributed by atoms with Crippen molar-refractivity contribution in [2.24, 2.45) is 4.99 Å². The fraction of sp³-hybridized carbons (Fsp3) is 0.350. The van der Waals surface area contributed by atoms with Crippen LogP contribution >= 0.6 is 0 Å². The molecule has 1 spiro atoms. The number of aromatic nitrogens is 1. The summed E-state index contributed by atoms with van der Waals surface area (Å²) in [6.07, 6.45) is 7.40. The van der Waals surface area contributed by atoms with E-state index in [9.17, 15) is 4.79 Å². The van der Waals surface area contributed by atoms with Gasteiger partial charge < -0.3 is 5.32 Å². The molecule has 1 fully saturated rings. The maximum atomic E-state index is 11.4. The minimum absolute atomic E-state index is 0.200. The molecule has 128 valence electrons. The summed E-state index contributed by atoms with van der Waals surface area (Å²) in [6.45, 7) is 4.95. The molecule has 2 aliphatic heterocycles. The molecule has 4 rings (SSSR count). The van der Waals surface area contributed by atoms with E-state index in [1.807, 2.05) is 12.4 Å². The summed E-state index contributed by atoms with van der Waals surface area (Å²) >= 11 is 0. The van der Waals surface area contributed by atoms with E-state index < -0.39 is 0 Å². The van der Waals surface area contributed by atoms with Crippen LogP contribution in [0.15, 0.2) is 47.7 Å². The number of hydrogen-bond donors (Lipinski definition) is 1. The van der Waals surface area contributed by atoms with Crippen molar-refractivity contribution < 1.29 is 4.79 Å². The van der Waals surface area contributed by atoms with Crippen molar-refractivity contribution in [2.45, 2.75) is 31.8 Å². The Kier molecular flexibility index (Phi) is 4.09. The first-order chi connectivity index (χ1) is 12.1. The van der Waals surface area contributed by atoms with Gasteiger partial charge in [-0.15, -0.1) is 0 Å². The number of urea groups is 1. The number of nitrogens with zero attached hydrogens (tertiary/aromatic N) is 3. The van der Waals surface area contributed by atoms with E-state index in [4.69, 9.17) is 0 Å². The zero-order chi connectivity index (χ0) is 17.3. The molecule has 2 aliphatic rings. The average molecular weight is 334 g/mol. The van der Waals surface area contributed by atoms with Crippen molar-refractivity contribution in [3.8, 4) is 11.1 Å². The first-order valence-electron chi connectivity index (χ1n) is 8.73. The predicted molar refractivity (Wildman–Crippen MR) is 98.7 cm³/mol. The van der Waals surface area contributed by atoms with E-state index >= 15 is 0 Å². The number of piperidine rings is 1. The summed E-state index contributed by atoms with van der Waals surface area (Å²) in [7, 11) is 0. The fourth-order valence-corrected chi connectivity index (χ4v) is 3.72. The van der Waals surface area contributed by atoms with Gasteiger partial charge in [-0.2, -0.15) is 0 Å². The lowest BCUT2D eigenvalue weighted by atomic mass is 9.89. The zero-order valence-corrected chi connectivity index (χ0v) is 14.4. The van der Waals surface area contributed by atoms with Gasteiger partial charge in [-0.1, -0.05) is 18.2 Å². The summed E-state index contributed by atoms with van der Waals surface area (Å²) in [6, 6.07) is 10.6. The largest absolute Gasteiger partial charge is 0.341 e. The number of carbonyl (C=O) groups is 1. The third-order valence-electron chi connectivity index (χ3n) is 5.20. The van der Waals surface area contributed by atoms with Crippen molar-refractivity contribution in [1.29, 1.82) is 0 Å². The second-order valence-corrected chi connectivity index (χ2v) is 7.01. The molecule has 25 heavy (non-hydrogen) atoms. The summed E-state index contributed by atoms with van der Waals surface area (Å²) in [5.74, 6) is 0. The maximum absolute atomic E-state index is 11.4. The molecule has 5 heteroatoms. The minimum atomic E-state index is -0.205. The minimum Gasteiger partial charge on any atom is -0.326 e. The Labute approximate surface area is 147 Å². The van der Waals surface area contributed by atoms with Gasteiger partial charge in [0.2, 0.25) is 0 Å². The van der Waals surface area contributed by atoms with Crippen LogP contribution in [-0.4, -0.2) is 40.8 Å². The number of benzene rings is 1. The fourth-order valence-electron chi connectivity index (χ4n) is 3.72. The van der Waals surface area contributed by atoms with Crippen LogP contribution in [-0.2, 0) is 6.54 Å². The molecular formula is C20H22N4O. The molecule has 2 amide bonds. The molecule has 0 bridgehead atoms. The number of aryl methyl sites for hydroxylation is 1. The van der Waals surface area contributed by atoms with Crippen LogP contribution in [0.4, 0.5) is 4.79 Å². The van der Waals surface area contributed by atoms with Gasteiger partial charge in [-0.05, 0) is 54.2 Å². The van der Waals surface area contributed by atoms with Gasteiger partial charge in [-0.25, -0.2) is 9.79 Å². The number of hydrogen-bond acceptors (Lipinski definition) is 3. The van der Waals surface area contributed by atoms with Crippen LogP contribution in [0.1, 0.15) is 24.0 Å². The Bertz CT molecular complexity index is 822. The molecular weight excluding hydrogens is 312 g/mol. The summed E-state index contributed by atoms with van der Waals surface area (Å²) in [5.41, 5.74) is 4.77. The lowest BCUT2D eigenvalue weighted by Gasteiger charge is -2.37. The number of amides is 2. The second kappa shape index (κ2) is 6.41. The predicted octanol–water partition coefficient (Wildman–Crippen LogP) is 3.19. The average Bonchev–Trinajstić information content (AvgIpc) is 2.98. The van der Waals surface area contributed by atoms with Crippen LogP contribution in [0.2, 0.25) is 0 Å². The molecule has 5 nitrogen and oxygen atoms in total. The van der Waals surface area contributed by atoms with Gasteiger partial charge >= 0.3 is 6.03 Å². The quantitative estimate of drug-likeness (QED) is 0.938. The Morgan fingerprint density at radius 1 is 1.24 bits per heavy atom. The first kappa shape index (κ1) is 16.0. The highest BCUT2D eigenvalue weighted by Crippen LogP contribution is 2.27. The lowest BCUT2D eigenvalue weighted by Crippen LogP contribution is -2.52. The Morgan fingerprint density at radius 2 is 2.08 bits per heavy atom. The Balaban J connectivity index is 1.44. The molecule has 0 saturated carbocycles. The summed E-state index contributed by atoms with van der Waals surface area (Å²) < 4.78 is 0. The van der Waals surface area contributed by atoms with Crippen LogP contribution in [0.3, 0.4) is 0 Å². The number of aliphatic imine (C=N–C) groups is 1. The van der Waals surface area contributed by atoms with Crippen LogP contribution in [0, 0.1) is 6.92 Å². The topological polar surface area (TPSA) is 57.6 Å². The van der Waals surface area contributed by atoms with E-state index in [1.54, 1.807) is 6.21 Å². The molecule has 0 aliphatic carbocycles. The van der Waals surface area contributed by atoms with Crippen molar-refractivity contribution in [2.75, 3.05) is 13.1 Å². The second-order valence-electron chi connectivity index (χ2n) is 7.01. The monoisotopic (exact) mass is 334 g/mol. The molecule has 1 aromatic heterocycles. The molecule has 0 atom stereocenters. The van der Waals surface area contributed by atoms with E-state index in [-0.39, 0.29) is 11.6 Å². The highest BCUT2D eigenvalue weighted by atomic mass is 16.2. The van der Waals surface area contributed by atoms with E-state index in [0.717, 1.165) is 32.5 Å². The van der Waals surface area contributed by atoms with Crippen molar-refractivity contribution in [3.05, 3.63) is 53.9 Å². The highest BCUT2D eigenvalue weighted by molar-refractivity contribution is 5.95. The first-order valence-corrected chi connectivity index (χ1v) is 8.73. The van der Waals surface area contributed by atoms with Crippen LogP contribution in [0.5, 0.6) is 0 Å². The smallest absolute Gasteiger partial charge is 0.326 e. The molecule has 1 N–H and O–H groups in total. The molecule has 0 radical (unpaired) electrons. The summed E-state index contributed by atoms with van der Waals surface area (Å²) in [4.78, 5) is 21.9. The molecule has 2 aromatic rings. The standard InChI is InChI=1S/C20H22N4O/c1-15-12-21-8-5-18(15)17-4-2-3-16(11-17)13-24-9-6-20(7-10-24)14-22-19(25)23-20/h2-5,8,11-12,14H,6-7,9-10,13H2,1H3,(H,23,25). The van der Waals surface area contributed by atoms with Gasteiger partial charge in [0, 0.05) is 38.2 Å². The van der Waals surface area contributed by atoms with Crippen molar-refractivity contribution in [1.82, 2.24) is 15.2 Å². The number of pyridine rings is 1. The van der Waals surface area contributed by atoms with Gasteiger partial charge in [0.05, 0.1) is 5.54 Å². The normalized spacial score (nSPS) is 19.3. The number of carbonyl (C=O) groups excluding carboxylic acids is 1. The van der Waals surface area contributed by atoms with E-state index in [1.165, 1.54) is 22.3 Å². The molecule has 0 unspecified atom stereocenters. The third-order valence-corrected chi connectivity index (χ3v) is 5.20. The zero-order valence-electron chi connectivity index (χ0n) is 14.4. The van der Waals surface area contributed by atoms with Crippen LogP contribution < -0.4 is 5.32 Å². The Morgan fingerprint density at radius 3 is 2.80 bits per heavy atom. The number of likely N-dealkylation sites (tertiary alicyclic amines) is 1. The maximum Gasteiger partial charge on any atom is 0.341 e. The molecule has 1 aromatic carbocycles. The van der Waals surface area contributed by atoms with E-state index in [2.05, 4.69) is 57.4 Å². The molecule has 1 saturated heterocycles. The van der Waals surface area contributed by atoms with E-state index in [0.29, 0.717) is 0 Å². The number of nitrogens with one attached hydrogen (secondary N) is 1. The molecule has 3 heterocycles. The van der Waals surface area contributed by atoms with Gasteiger partial charge in [0.15, 0.2) is 0 Å².